The molecule has 0 spiro atoms. The summed E-state index contributed by atoms with van der Waals surface area (Å²) < 4.78 is 0. The van der Waals surface area contributed by atoms with Gasteiger partial charge in [-0.25, -0.2) is 0 Å². The van der Waals surface area contributed by atoms with Crippen molar-refractivity contribution in [3.05, 3.63) is 193 Å². The first kappa shape index (κ1) is 30.2. The first-order valence-electron chi connectivity index (χ1n) is 18.7. The maximum atomic E-state index is 2.42. The van der Waals surface area contributed by atoms with Crippen molar-refractivity contribution >= 4 is 53.9 Å². The minimum atomic E-state index is -0.168. The van der Waals surface area contributed by atoms with Gasteiger partial charge in [-0.05, 0) is 122 Å². The summed E-state index contributed by atoms with van der Waals surface area (Å²) >= 11 is 0. The molecule has 0 heteroatoms. The molecule has 0 unspecified atom stereocenters. The van der Waals surface area contributed by atoms with Gasteiger partial charge in [-0.15, -0.1) is 0 Å². The molecule has 0 atom stereocenters. The second kappa shape index (κ2) is 11.2. The molecule has 11 rings (SSSR count). The van der Waals surface area contributed by atoms with Crippen LogP contribution in [0.25, 0.3) is 98.4 Å². The van der Waals surface area contributed by atoms with Gasteiger partial charge in [0.1, 0.15) is 0 Å². The summed E-state index contributed by atoms with van der Waals surface area (Å²) in [6.45, 7) is 4.84. The van der Waals surface area contributed by atoms with E-state index < -0.39 is 0 Å². The van der Waals surface area contributed by atoms with Gasteiger partial charge in [0, 0.05) is 5.41 Å². The Balaban J connectivity index is 1.22. The number of benzene rings is 10. The van der Waals surface area contributed by atoms with Crippen LogP contribution < -0.4 is 0 Å². The minimum Gasteiger partial charge on any atom is -0.0616 e. The van der Waals surface area contributed by atoms with Gasteiger partial charge in [-0.2, -0.15) is 0 Å². The zero-order chi connectivity index (χ0) is 35.3. The third kappa shape index (κ3) is 4.30. The predicted octanol–water partition coefficient (Wildman–Crippen LogP) is 14.8. The van der Waals surface area contributed by atoms with Gasteiger partial charge in [0.05, 0.1) is 0 Å². The lowest BCUT2D eigenvalue weighted by Gasteiger charge is -2.24. The average molecular weight is 673 g/mol. The second-order valence-corrected chi connectivity index (χ2v) is 15.2. The van der Waals surface area contributed by atoms with Gasteiger partial charge in [0.15, 0.2) is 0 Å². The van der Waals surface area contributed by atoms with E-state index in [4.69, 9.17) is 0 Å². The molecule has 1 aliphatic rings. The third-order valence-electron chi connectivity index (χ3n) is 12.0. The molecular formula is C53H36. The first-order valence-corrected chi connectivity index (χ1v) is 18.7. The van der Waals surface area contributed by atoms with Gasteiger partial charge in [-0.3, -0.25) is 0 Å². The third-order valence-corrected chi connectivity index (χ3v) is 12.0. The second-order valence-electron chi connectivity index (χ2n) is 15.2. The standard InChI is InChI=1S/C53H36/c1-53(2)47-28-14-27-46(50(47)51-40-21-7-5-19-38(40)39-20-6-12-26-45(39)52(51)53)49-43-24-10-8-22-41(43)48(42-23-9-11-25-44(42)49)37-18-13-17-35(32-37)36-30-29-33-15-3-4-16-34(33)31-36/h3-32H,1-2H3. The molecule has 0 saturated carbocycles. The van der Waals surface area contributed by atoms with Gasteiger partial charge >= 0.3 is 0 Å². The molecule has 0 fully saturated rings. The van der Waals surface area contributed by atoms with E-state index in [1.807, 2.05) is 0 Å². The van der Waals surface area contributed by atoms with E-state index in [-0.39, 0.29) is 5.41 Å². The molecule has 0 amide bonds. The number of hydrogen-bond donors (Lipinski definition) is 0. The molecule has 0 bridgehead atoms. The number of rotatable bonds is 3. The fraction of sp³-hybridized carbons (Fsp3) is 0.0566. The summed E-state index contributed by atoms with van der Waals surface area (Å²) in [6.07, 6.45) is 0. The van der Waals surface area contributed by atoms with Crippen molar-refractivity contribution in [1.82, 2.24) is 0 Å². The molecule has 248 valence electrons. The van der Waals surface area contributed by atoms with Crippen LogP contribution in [0.4, 0.5) is 0 Å². The van der Waals surface area contributed by atoms with Crippen LogP contribution in [0.5, 0.6) is 0 Å². The van der Waals surface area contributed by atoms with Crippen LogP contribution >= 0.6 is 0 Å². The summed E-state index contributed by atoms with van der Waals surface area (Å²) in [5.74, 6) is 0. The van der Waals surface area contributed by atoms with Crippen LogP contribution in [-0.2, 0) is 5.41 Å². The van der Waals surface area contributed by atoms with E-state index in [1.54, 1.807) is 0 Å². The van der Waals surface area contributed by atoms with E-state index in [2.05, 4.69) is 196 Å². The molecule has 0 saturated heterocycles. The average Bonchev–Trinajstić information content (AvgIpc) is 3.47. The van der Waals surface area contributed by atoms with E-state index in [9.17, 15) is 0 Å². The molecular weight excluding hydrogens is 637 g/mol. The Bertz CT molecular complexity index is 3080. The maximum Gasteiger partial charge on any atom is 0.0165 e. The van der Waals surface area contributed by atoms with Crippen molar-refractivity contribution < 1.29 is 0 Å². The Morgan fingerprint density at radius 3 is 1.47 bits per heavy atom. The molecule has 0 radical (unpaired) electrons. The fourth-order valence-electron chi connectivity index (χ4n) is 9.69. The van der Waals surface area contributed by atoms with Gasteiger partial charge < -0.3 is 0 Å². The van der Waals surface area contributed by atoms with Gasteiger partial charge in [0.2, 0.25) is 0 Å². The fourth-order valence-corrected chi connectivity index (χ4v) is 9.69. The van der Waals surface area contributed by atoms with Crippen LogP contribution in [0.3, 0.4) is 0 Å². The van der Waals surface area contributed by atoms with E-state index >= 15 is 0 Å². The monoisotopic (exact) mass is 672 g/mol. The van der Waals surface area contributed by atoms with Crippen molar-refractivity contribution in [2.75, 3.05) is 0 Å². The lowest BCUT2D eigenvalue weighted by Crippen LogP contribution is -2.15. The molecule has 10 aromatic rings. The maximum absolute atomic E-state index is 2.42. The highest BCUT2D eigenvalue weighted by Crippen LogP contribution is 2.58. The summed E-state index contributed by atoms with van der Waals surface area (Å²) in [6, 6.07) is 67.8. The molecule has 0 nitrogen and oxygen atoms in total. The molecule has 53 heavy (non-hydrogen) atoms. The van der Waals surface area contributed by atoms with Crippen LogP contribution in [0.1, 0.15) is 25.0 Å². The van der Waals surface area contributed by atoms with Crippen molar-refractivity contribution in [1.29, 1.82) is 0 Å². The van der Waals surface area contributed by atoms with Crippen LogP contribution in [0.2, 0.25) is 0 Å². The zero-order valence-corrected chi connectivity index (χ0v) is 29.8. The van der Waals surface area contributed by atoms with Crippen LogP contribution in [-0.4, -0.2) is 0 Å². The summed E-state index contributed by atoms with van der Waals surface area (Å²) in [7, 11) is 0. The Morgan fingerprint density at radius 2 is 0.792 bits per heavy atom. The topological polar surface area (TPSA) is 0 Å². The first-order chi connectivity index (χ1) is 26.1. The highest BCUT2D eigenvalue weighted by atomic mass is 14.4. The molecule has 1 aliphatic carbocycles. The highest BCUT2D eigenvalue weighted by molar-refractivity contribution is 6.25. The summed E-state index contributed by atoms with van der Waals surface area (Å²) in [4.78, 5) is 0. The van der Waals surface area contributed by atoms with E-state index in [0.717, 1.165) is 0 Å². The largest absolute Gasteiger partial charge is 0.0616 e. The summed E-state index contributed by atoms with van der Waals surface area (Å²) in [5, 5.41) is 13.0. The smallest absolute Gasteiger partial charge is 0.0165 e. The van der Waals surface area contributed by atoms with Crippen LogP contribution in [0, 0.1) is 0 Å². The molecule has 10 aromatic carbocycles. The van der Waals surface area contributed by atoms with Crippen molar-refractivity contribution in [3.8, 4) is 44.5 Å². The van der Waals surface area contributed by atoms with Crippen LogP contribution in [0.15, 0.2) is 182 Å². The molecule has 0 aliphatic heterocycles. The Hall–Kier alpha value is -6.50. The Labute approximate surface area is 309 Å². The van der Waals surface area contributed by atoms with E-state index in [0.29, 0.717) is 0 Å². The SMILES string of the molecule is CC1(C)c2cccc(-c3c4ccccc4c(-c4cccc(-c5ccc6ccccc6c5)c4)c4ccccc34)c2-c2c1c1ccccc1c1ccccc21. The van der Waals surface area contributed by atoms with Gasteiger partial charge in [0.25, 0.3) is 0 Å². The van der Waals surface area contributed by atoms with Crippen molar-refractivity contribution in [2.24, 2.45) is 0 Å². The Morgan fingerprint density at radius 1 is 0.302 bits per heavy atom. The quantitative estimate of drug-likeness (QED) is 0.129. The minimum absolute atomic E-state index is 0.168. The lowest BCUT2D eigenvalue weighted by atomic mass is 9.79. The number of hydrogen-bond acceptors (Lipinski definition) is 0. The summed E-state index contributed by atoms with van der Waals surface area (Å²) in [5.41, 5.74) is 13.0. The number of fused-ring (bicyclic) bond motifs is 11. The Kier molecular flexibility index (Phi) is 6.40. The highest BCUT2D eigenvalue weighted by Gasteiger charge is 2.40. The zero-order valence-electron chi connectivity index (χ0n) is 29.8. The molecule has 0 heterocycles. The lowest BCUT2D eigenvalue weighted by molar-refractivity contribution is 0.666. The molecule has 0 N–H and O–H groups in total. The van der Waals surface area contributed by atoms with Crippen molar-refractivity contribution in [2.45, 2.75) is 19.3 Å². The van der Waals surface area contributed by atoms with Crippen molar-refractivity contribution in [3.63, 3.8) is 0 Å². The predicted molar refractivity (Wildman–Crippen MR) is 228 cm³/mol. The van der Waals surface area contributed by atoms with Gasteiger partial charge in [-0.1, -0.05) is 184 Å². The van der Waals surface area contributed by atoms with E-state index in [1.165, 1.54) is 109 Å². The normalized spacial score (nSPS) is 13.2. The molecule has 0 aromatic heterocycles.